The molecule has 0 aromatic heterocycles. The minimum Gasteiger partial charge on any atom is -0.480 e. The van der Waals surface area contributed by atoms with Crippen LogP contribution in [0.5, 0.6) is 0 Å². The lowest BCUT2D eigenvalue weighted by atomic mass is 9.87. The number of carboxylic acid groups (broad SMARTS) is 1. The normalized spacial score (nSPS) is 22.9. The molecule has 1 unspecified atom stereocenters. The number of anilines is 1. The average molecular weight is 323 g/mol. The summed E-state index contributed by atoms with van der Waals surface area (Å²) in [5.74, 6) is -0.834. The summed E-state index contributed by atoms with van der Waals surface area (Å²) in [4.78, 5) is 13.4. The highest BCUT2D eigenvalue weighted by Crippen LogP contribution is 2.35. The topological polar surface area (TPSA) is 64.3 Å². The molecule has 1 N–H and O–H groups in total. The number of benzene rings is 1. The molecule has 19 heavy (non-hydrogen) atoms. The summed E-state index contributed by atoms with van der Waals surface area (Å²) in [6, 6.07) is 7.53. The second-order valence-electron chi connectivity index (χ2n) is 4.96. The van der Waals surface area contributed by atoms with Gasteiger partial charge >= 0.3 is 5.97 Å². The van der Waals surface area contributed by atoms with E-state index in [4.69, 9.17) is 0 Å². The highest BCUT2D eigenvalue weighted by atomic mass is 79.9. The molecule has 1 saturated heterocycles. The first kappa shape index (κ1) is 13.9. The van der Waals surface area contributed by atoms with E-state index in [9.17, 15) is 15.2 Å². The third kappa shape index (κ3) is 2.45. The van der Waals surface area contributed by atoms with Gasteiger partial charge in [0.1, 0.15) is 11.6 Å². The number of piperidine rings is 1. The summed E-state index contributed by atoms with van der Waals surface area (Å²) >= 11 is 3.33. The zero-order valence-electron chi connectivity index (χ0n) is 10.7. The lowest BCUT2D eigenvalue weighted by Gasteiger charge is -2.43. The molecular formula is C14H15BrN2O2. The van der Waals surface area contributed by atoms with Crippen LogP contribution >= 0.6 is 15.9 Å². The largest absolute Gasteiger partial charge is 0.480 e. The van der Waals surface area contributed by atoms with Crippen molar-refractivity contribution in [3.63, 3.8) is 0 Å². The van der Waals surface area contributed by atoms with Crippen LogP contribution < -0.4 is 4.90 Å². The molecule has 1 aliphatic rings. The summed E-state index contributed by atoms with van der Waals surface area (Å²) in [5.41, 5.74) is 0.275. The number of hydrogen-bond acceptors (Lipinski definition) is 3. The van der Waals surface area contributed by atoms with Gasteiger partial charge in [0, 0.05) is 11.0 Å². The first-order chi connectivity index (χ1) is 8.99. The molecular weight excluding hydrogens is 308 g/mol. The van der Waals surface area contributed by atoms with Gasteiger partial charge in [-0.1, -0.05) is 15.9 Å². The van der Waals surface area contributed by atoms with Gasteiger partial charge in [-0.05, 0) is 44.4 Å². The number of hydrogen-bond donors (Lipinski definition) is 1. The number of rotatable bonds is 2. The summed E-state index contributed by atoms with van der Waals surface area (Å²) < 4.78 is 0.821. The fourth-order valence-electron chi connectivity index (χ4n) is 2.56. The third-order valence-electron chi connectivity index (χ3n) is 3.72. The molecule has 5 heteroatoms. The molecule has 1 aromatic carbocycles. The maximum absolute atomic E-state index is 11.6. The second-order valence-corrected chi connectivity index (χ2v) is 5.88. The highest BCUT2D eigenvalue weighted by molar-refractivity contribution is 9.10. The van der Waals surface area contributed by atoms with Gasteiger partial charge in [0.2, 0.25) is 0 Å². The van der Waals surface area contributed by atoms with Crippen molar-refractivity contribution < 1.29 is 9.90 Å². The van der Waals surface area contributed by atoms with Crippen molar-refractivity contribution in [1.29, 1.82) is 5.26 Å². The van der Waals surface area contributed by atoms with Crippen LogP contribution in [0.3, 0.4) is 0 Å². The van der Waals surface area contributed by atoms with Gasteiger partial charge in [-0.3, -0.25) is 0 Å². The Labute approximate surface area is 120 Å². The zero-order chi connectivity index (χ0) is 14.0. The fourth-order valence-corrected chi connectivity index (χ4v) is 2.92. The van der Waals surface area contributed by atoms with E-state index in [-0.39, 0.29) is 0 Å². The van der Waals surface area contributed by atoms with Crippen LogP contribution in [0.4, 0.5) is 5.69 Å². The molecule has 0 radical (unpaired) electrons. The van der Waals surface area contributed by atoms with Crippen molar-refractivity contribution in [2.75, 3.05) is 11.4 Å². The van der Waals surface area contributed by atoms with E-state index in [1.807, 2.05) is 17.0 Å². The molecule has 1 heterocycles. The number of carboxylic acids is 1. The summed E-state index contributed by atoms with van der Waals surface area (Å²) in [7, 11) is 0. The van der Waals surface area contributed by atoms with Crippen LogP contribution in [-0.4, -0.2) is 23.2 Å². The lowest BCUT2D eigenvalue weighted by molar-refractivity contribution is -0.143. The number of carbonyl (C=O) groups is 1. The van der Waals surface area contributed by atoms with Crippen LogP contribution in [0.1, 0.15) is 31.7 Å². The fraction of sp³-hybridized carbons (Fsp3) is 0.429. The van der Waals surface area contributed by atoms with Crippen molar-refractivity contribution in [1.82, 2.24) is 0 Å². The zero-order valence-corrected chi connectivity index (χ0v) is 12.3. The Morgan fingerprint density at radius 2 is 2.26 bits per heavy atom. The van der Waals surface area contributed by atoms with Crippen molar-refractivity contribution in [3.8, 4) is 6.07 Å². The van der Waals surface area contributed by atoms with E-state index in [2.05, 4.69) is 22.0 Å². The summed E-state index contributed by atoms with van der Waals surface area (Å²) in [6.45, 7) is 2.40. The molecule has 100 valence electrons. The van der Waals surface area contributed by atoms with E-state index >= 15 is 0 Å². The number of halogens is 1. The van der Waals surface area contributed by atoms with Crippen LogP contribution in [0.25, 0.3) is 0 Å². The smallest absolute Gasteiger partial charge is 0.329 e. The molecule has 0 saturated carbocycles. The molecule has 0 amide bonds. The van der Waals surface area contributed by atoms with Crippen LogP contribution in [0.15, 0.2) is 22.7 Å². The molecule has 1 aliphatic heterocycles. The van der Waals surface area contributed by atoms with Crippen molar-refractivity contribution in [2.45, 2.75) is 31.7 Å². The second kappa shape index (κ2) is 5.22. The van der Waals surface area contributed by atoms with E-state index < -0.39 is 11.5 Å². The average Bonchev–Trinajstić information content (AvgIpc) is 2.39. The number of nitrogens with zero attached hydrogens (tertiary/aromatic N) is 2. The van der Waals surface area contributed by atoms with Crippen LogP contribution in [-0.2, 0) is 4.79 Å². The lowest BCUT2D eigenvalue weighted by Crippen LogP contribution is -2.55. The van der Waals surface area contributed by atoms with Gasteiger partial charge in [0.15, 0.2) is 0 Å². The molecule has 1 aromatic rings. The van der Waals surface area contributed by atoms with Crippen molar-refractivity contribution in [3.05, 3.63) is 28.2 Å². The van der Waals surface area contributed by atoms with Crippen molar-refractivity contribution in [2.24, 2.45) is 0 Å². The van der Waals surface area contributed by atoms with Crippen LogP contribution in [0, 0.1) is 11.3 Å². The summed E-state index contributed by atoms with van der Waals surface area (Å²) in [6.07, 6.45) is 2.45. The molecule has 4 nitrogen and oxygen atoms in total. The Hall–Kier alpha value is -1.54. The molecule has 1 fully saturated rings. The molecule has 0 aliphatic carbocycles. The number of nitriles is 1. The van der Waals surface area contributed by atoms with Gasteiger partial charge in [-0.15, -0.1) is 0 Å². The quantitative estimate of drug-likeness (QED) is 0.908. The minimum absolute atomic E-state index is 0.503. The van der Waals surface area contributed by atoms with Crippen LogP contribution in [0.2, 0.25) is 0 Å². The molecule has 1 atom stereocenters. The first-order valence-electron chi connectivity index (χ1n) is 6.20. The Morgan fingerprint density at radius 3 is 2.89 bits per heavy atom. The molecule has 2 rings (SSSR count). The summed E-state index contributed by atoms with van der Waals surface area (Å²) in [5, 5.41) is 18.8. The van der Waals surface area contributed by atoms with E-state index in [1.165, 1.54) is 0 Å². The third-order valence-corrected chi connectivity index (χ3v) is 4.21. The van der Waals surface area contributed by atoms with E-state index in [1.54, 1.807) is 13.0 Å². The predicted octanol–water partition coefficient (Wildman–Crippen LogP) is 3.15. The van der Waals surface area contributed by atoms with Gasteiger partial charge < -0.3 is 10.0 Å². The van der Waals surface area contributed by atoms with Crippen molar-refractivity contribution >= 4 is 27.6 Å². The Morgan fingerprint density at radius 1 is 1.53 bits per heavy atom. The van der Waals surface area contributed by atoms with Gasteiger partial charge in [-0.2, -0.15) is 5.26 Å². The number of aliphatic carboxylic acids is 1. The molecule has 0 spiro atoms. The van der Waals surface area contributed by atoms with E-state index in [0.717, 1.165) is 17.3 Å². The van der Waals surface area contributed by atoms with Gasteiger partial charge in [0.05, 0.1) is 11.3 Å². The predicted molar refractivity (Wildman–Crippen MR) is 76.1 cm³/mol. The molecule has 0 bridgehead atoms. The minimum atomic E-state index is -0.933. The highest BCUT2D eigenvalue weighted by Gasteiger charge is 2.42. The Balaban J connectivity index is 2.50. The maximum Gasteiger partial charge on any atom is 0.329 e. The monoisotopic (exact) mass is 322 g/mol. The van der Waals surface area contributed by atoms with Gasteiger partial charge in [0.25, 0.3) is 0 Å². The Bertz CT molecular complexity index is 553. The maximum atomic E-state index is 11.6. The standard InChI is InChI=1S/C14H15BrN2O2/c1-14(13(18)19)6-2-3-7-17(14)12-5-4-11(15)8-10(12)9-16/h4-5,8H,2-3,6-7H2,1H3,(H,18,19). The van der Waals surface area contributed by atoms with Gasteiger partial charge in [-0.25, -0.2) is 4.79 Å². The Kier molecular flexibility index (Phi) is 3.81. The SMILES string of the molecule is CC1(C(=O)O)CCCCN1c1ccc(Br)cc1C#N. The first-order valence-corrected chi connectivity index (χ1v) is 6.99. The van der Waals surface area contributed by atoms with E-state index in [0.29, 0.717) is 24.2 Å².